The molecule has 4 N–H and O–H groups in total. The summed E-state index contributed by atoms with van der Waals surface area (Å²) in [6.07, 6.45) is 0.674. The van der Waals surface area contributed by atoms with E-state index >= 15 is 0 Å². The lowest BCUT2D eigenvalue weighted by molar-refractivity contribution is -0.143. The highest BCUT2D eigenvalue weighted by Gasteiger charge is 2.40. The number of hydrazine groups is 1. The molecule has 25 heavy (non-hydrogen) atoms. The van der Waals surface area contributed by atoms with E-state index in [9.17, 15) is 10.1 Å². The molecule has 1 aliphatic heterocycles. The van der Waals surface area contributed by atoms with Crippen molar-refractivity contribution in [3.05, 3.63) is 46.5 Å². The molecule has 1 aromatic carbocycles. The number of carbonyl (C=O) groups excluding carboxylic acids is 1. The van der Waals surface area contributed by atoms with Crippen molar-refractivity contribution in [2.24, 2.45) is 0 Å². The van der Waals surface area contributed by atoms with Crippen LogP contribution in [0.25, 0.3) is 11.3 Å². The zero-order valence-electron chi connectivity index (χ0n) is 13.7. The quantitative estimate of drug-likeness (QED) is 0.595. The number of aromatic nitrogens is 1. The molecule has 2 atom stereocenters. The topological polar surface area (TPSA) is 113 Å². The highest BCUT2D eigenvalue weighted by molar-refractivity contribution is 5.82. The van der Waals surface area contributed by atoms with E-state index in [0.29, 0.717) is 18.5 Å². The zero-order valence-corrected chi connectivity index (χ0v) is 13.7. The molecule has 1 aliphatic carbocycles. The number of carbonyl (C=O) groups is 1. The summed E-state index contributed by atoms with van der Waals surface area (Å²) in [6.45, 7) is 0.501. The highest BCUT2D eigenvalue weighted by atomic mass is 16.5. The number of ether oxygens (including phenoxy) is 1. The number of nitrogen functional groups attached to an aromatic ring is 1. The van der Waals surface area contributed by atoms with Crippen molar-refractivity contribution < 1.29 is 9.53 Å². The summed E-state index contributed by atoms with van der Waals surface area (Å²) in [5, 5.41) is 9.66. The van der Waals surface area contributed by atoms with Crippen LogP contribution in [0.2, 0.25) is 0 Å². The molecule has 2 heterocycles. The Kier molecular flexibility index (Phi) is 3.64. The molecular weight excluding hydrogens is 318 g/mol. The molecule has 7 heteroatoms. The van der Waals surface area contributed by atoms with Gasteiger partial charge in [-0.3, -0.25) is 10.2 Å². The Bertz CT molecular complexity index is 918. The smallest absolute Gasteiger partial charge is 0.324 e. The first-order valence-corrected chi connectivity index (χ1v) is 8.02. The van der Waals surface area contributed by atoms with Gasteiger partial charge in [-0.2, -0.15) is 5.26 Å². The van der Waals surface area contributed by atoms with E-state index in [0.717, 1.165) is 27.9 Å². The summed E-state index contributed by atoms with van der Waals surface area (Å²) < 4.78 is 4.90. The van der Waals surface area contributed by atoms with Gasteiger partial charge in [-0.15, -0.1) is 0 Å². The van der Waals surface area contributed by atoms with E-state index in [1.54, 1.807) is 0 Å². The van der Waals surface area contributed by atoms with Gasteiger partial charge >= 0.3 is 5.97 Å². The van der Waals surface area contributed by atoms with Crippen molar-refractivity contribution in [2.75, 3.05) is 19.4 Å². The average molecular weight is 335 g/mol. The third kappa shape index (κ3) is 2.27. The van der Waals surface area contributed by atoms with Gasteiger partial charge in [0, 0.05) is 24.4 Å². The Balaban J connectivity index is 1.93. The second-order valence-electron chi connectivity index (χ2n) is 6.19. The van der Waals surface area contributed by atoms with Gasteiger partial charge in [0.25, 0.3) is 0 Å². The molecule has 2 aliphatic rings. The number of fused-ring (bicyclic) bond motifs is 3. The second-order valence-corrected chi connectivity index (χ2v) is 6.19. The summed E-state index contributed by atoms with van der Waals surface area (Å²) in [7, 11) is 1.35. The molecule has 0 spiro atoms. The van der Waals surface area contributed by atoms with Crippen molar-refractivity contribution in [3.63, 3.8) is 0 Å². The number of pyridine rings is 1. The number of benzene rings is 1. The summed E-state index contributed by atoms with van der Waals surface area (Å²) in [4.78, 5) is 16.6. The first-order chi connectivity index (χ1) is 12.2. The lowest BCUT2D eigenvalue weighted by Crippen LogP contribution is -2.39. The number of methoxy groups -OCH3 is 1. The molecule has 0 radical (unpaired) electrons. The van der Waals surface area contributed by atoms with E-state index < -0.39 is 6.04 Å². The van der Waals surface area contributed by atoms with Crippen molar-refractivity contribution in [1.82, 2.24) is 15.8 Å². The Morgan fingerprint density at radius 1 is 1.44 bits per heavy atom. The van der Waals surface area contributed by atoms with Gasteiger partial charge < -0.3 is 10.5 Å². The minimum atomic E-state index is -0.577. The number of hydrogen-bond donors (Lipinski definition) is 3. The lowest BCUT2D eigenvalue weighted by atomic mass is 9.85. The van der Waals surface area contributed by atoms with Crippen LogP contribution in [0.5, 0.6) is 0 Å². The number of rotatable bonds is 2. The number of nitrogens with zero attached hydrogens (tertiary/aromatic N) is 2. The highest BCUT2D eigenvalue weighted by Crippen LogP contribution is 2.42. The van der Waals surface area contributed by atoms with Crippen LogP contribution >= 0.6 is 0 Å². The summed E-state index contributed by atoms with van der Waals surface area (Å²) in [6, 6.07) is 9.60. The predicted octanol–water partition coefficient (Wildman–Crippen LogP) is 0.840. The van der Waals surface area contributed by atoms with Crippen LogP contribution in [0.3, 0.4) is 0 Å². The van der Waals surface area contributed by atoms with E-state index in [-0.39, 0.29) is 17.7 Å². The zero-order chi connectivity index (χ0) is 17.6. The van der Waals surface area contributed by atoms with Crippen molar-refractivity contribution in [2.45, 2.75) is 18.4 Å². The van der Waals surface area contributed by atoms with Crippen molar-refractivity contribution in [1.29, 1.82) is 5.26 Å². The van der Waals surface area contributed by atoms with Crippen LogP contribution in [-0.2, 0) is 16.0 Å². The molecule has 0 saturated carbocycles. The average Bonchev–Trinajstić information content (AvgIpc) is 3.24. The van der Waals surface area contributed by atoms with Gasteiger partial charge in [0.2, 0.25) is 0 Å². The molecule has 0 amide bonds. The molecule has 2 unspecified atom stereocenters. The number of nitriles is 1. The standard InChI is InChI=1S/C18H17N5O2/c1-25-18(24)16-13(8-21-23-16)14-11-6-9-4-2-3-5-10(9)15(11)22-17(20)12(14)7-19/h2-5,13,16,21,23H,6,8H2,1H3,(H2,20,22). The van der Waals surface area contributed by atoms with Crippen LogP contribution in [0.4, 0.5) is 5.82 Å². The van der Waals surface area contributed by atoms with Gasteiger partial charge in [-0.1, -0.05) is 24.3 Å². The molecule has 1 saturated heterocycles. The van der Waals surface area contributed by atoms with Gasteiger partial charge in [0.05, 0.1) is 18.4 Å². The van der Waals surface area contributed by atoms with Crippen LogP contribution in [0, 0.1) is 11.3 Å². The molecule has 7 nitrogen and oxygen atoms in total. The first-order valence-electron chi connectivity index (χ1n) is 8.02. The first kappa shape index (κ1) is 15.6. The lowest BCUT2D eigenvalue weighted by Gasteiger charge is -2.21. The fraction of sp³-hybridized carbons (Fsp3) is 0.278. The SMILES string of the molecule is COC(=O)C1NNCC1c1c(C#N)c(N)nc2c1Cc1ccccc1-2. The molecule has 1 aromatic heterocycles. The molecule has 0 bridgehead atoms. The summed E-state index contributed by atoms with van der Waals surface area (Å²) >= 11 is 0. The monoisotopic (exact) mass is 335 g/mol. The predicted molar refractivity (Wildman–Crippen MR) is 91.3 cm³/mol. The maximum absolute atomic E-state index is 12.1. The number of hydrogen-bond acceptors (Lipinski definition) is 7. The van der Waals surface area contributed by atoms with Crippen LogP contribution in [0.1, 0.15) is 28.2 Å². The van der Waals surface area contributed by atoms with E-state index in [2.05, 4.69) is 21.9 Å². The third-order valence-corrected chi connectivity index (χ3v) is 4.93. The van der Waals surface area contributed by atoms with Gasteiger partial charge in [0.1, 0.15) is 17.9 Å². The molecule has 4 rings (SSSR count). The summed E-state index contributed by atoms with van der Waals surface area (Å²) in [5.41, 5.74) is 17.1. The molecule has 126 valence electrons. The number of esters is 1. The Morgan fingerprint density at radius 2 is 2.24 bits per heavy atom. The van der Waals surface area contributed by atoms with Crippen LogP contribution in [-0.4, -0.2) is 30.6 Å². The van der Waals surface area contributed by atoms with Crippen LogP contribution in [0.15, 0.2) is 24.3 Å². The van der Waals surface area contributed by atoms with E-state index in [1.165, 1.54) is 7.11 Å². The Hall–Kier alpha value is -2.95. The van der Waals surface area contributed by atoms with Gasteiger partial charge in [-0.05, 0) is 16.7 Å². The van der Waals surface area contributed by atoms with Crippen molar-refractivity contribution in [3.8, 4) is 17.3 Å². The number of nitrogens with one attached hydrogen (secondary N) is 2. The van der Waals surface area contributed by atoms with Gasteiger partial charge in [0.15, 0.2) is 0 Å². The Labute approximate surface area is 144 Å². The fourth-order valence-electron chi connectivity index (χ4n) is 3.80. The van der Waals surface area contributed by atoms with Crippen LogP contribution < -0.4 is 16.6 Å². The molecule has 1 fully saturated rings. The normalized spacial score (nSPS) is 20.6. The molecule has 2 aromatic rings. The van der Waals surface area contributed by atoms with E-state index in [4.69, 9.17) is 10.5 Å². The van der Waals surface area contributed by atoms with Gasteiger partial charge in [-0.25, -0.2) is 10.4 Å². The second kappa shape index (κ2) is 5.84. The largest absolute Gasteiger partial charge is 0.468 e. The van der Waals surface area contributed by atoms with E-state index in [1.807, 2.05) is 24.3 Å². The maximum atomic E-state index is 12.1. The third-order valence-electron chi connectivity index (χ3n) is 4.93. The maximum Gasteiger partial charge on any atom is 0.324 e. The minimum Gasteiger partial charge on any atom is -0.468 e. The molecular formula is C18H17N5O2. The van der Waals surface area contributed by atoms with Crippen molar-refractivity contribution >= 4 is 11.8 Å². The Morgan fingerprint density at radius 3 is 3.00 bits per heavy atom. The number of nitrogens with two attached hydrogens (primary N) is 1. The fourth-order valence-corrected chi connectivity index (χ4v) is 3.80. The minimum absolute atomic E-state index is 0.198. The summed E-state index contributed by atoms with van der Waals surface area (Å²) in [5.74, 6) is -0.433. The number of anilines is 1.